The molecule has 3 aromatic rings. The molecule has 0 atom stereocenters. The first-order valence-electron chi connectivity index (χ1n) is 12.5. The second kappa shape index (κ2) is 11.7. The van der Waals surface area contributed by atoms with Gasteiger partial charge in [0.2, 0.25) is 0 Å². The van der Waals surface area contributed by atoms with Crippen molar-refractivity contribution in [2.75, 3.05) is 0 Å². The first kappa shape index (κ1) is 27.8. The van der Waals surface area contributed by atoms with Gasteiger partial charge in [-0.1, -0.05) is 31.9 Å². The van der Waals surface area contributed by atoms with Crippen molar-refractivity contribution >= 4 is 0 Å². The molecule has 38 heavy (non-hydrogen) atoms. The summed E-state index contributed by atoms with van der Waals surface area (Å²) in [6.45, 7) is 1.65. The molecule has 1 aliphatic rings. The van der Waals surface area contributed by atoms with Crippen LogP contribution in [0.4, 0.5) is 30.7 Å². The van der Waals surface area contributed by atoms with E-state index in [1.54, 1.807) is 0 Å². The molecule has 0 saturated heterocycles. The molecule has 0 bridgehead atoms. The second-order valence-electron chi connectivity index (χ2n) is 9.62. The van der Waals surface area contributed by atoms with Crippen LogP contribution in [0.1, 0.15) is 62.5 Å². The third kappa shape index (κ3) is 6.79. The Bertz CT molecular complexity index is 1200. The third-order valence-electron chi connectivity index (χ3n) is 6.90. The van der Waals surface area contributed by atoms with Crippen molar-refractivity contribution in [3.63, 3.8) is 0 Å². The molecule has 0 unspecified atom stereocenters. The van der Waals surface area contributed by atoms with Gasteiger partial charge in [0.25, 0.3) is 0 Å². The van der Waals surface area contributed by atoms with Gasteiger partial charge in [0, 0.05) is 0 Å². The molecule has 3 aromatic carbocycles. The lowest BCUT2D eigenvalue weighted by Crippen LogP contribution is -2.16. The molecule has 1 aliphatic carbocycles. The Labute approximate surface area is 216 Å². The molecule has 0 radical (unpaired) electrons. The van der Waals surface area contributed by atoms with Crippen LogP contribution in [-0.2, 0) is 6.61 Å². The van der Waals surface area contributed by atoms with Crippen molar-refractivity contribution in [1.82, 2.24) is 0 Å². The highest BCUT2D eigenvalue weighted by Crippen LogP contribution is 2.39. The lowest BCUT2D eigenvalue weighted by molar-refractivity contribution is -0.274. The fourth-order valence-electron chi connectivity index (χ4n) is 5.11. The van der Waals surface area contributed by atoms with Crippen molar-refractivity contribution in [3.05, 3.63) is 82.9 Å². The van der Waals surface area contributed by atoms with Crippen LogP contribution >= 0.6 is 0 Å². The van der Waals surface area contributed by atoms with Crippen molar-refractivity contribution in [2.24, 2.45) is 5.92 Å². The summed E-state index contributed by atoms with van der Waals surface area (Å²) in [6.07, 6.45) is 1.17. The number of halogens is 7. The van der Waals surface area contributed by atoms with Crippen LogP contribution in [0.5, 0.6) is 11.5 Å². The minimum absolute atomic E-state index is 0.0154. The highest BCUT2D eigenvalue weighted by molar-refractivity contribution is 5.66. The van der Waals surface area contributed by atoms with Gasteiger partial charge in [-0.2, -0.15) is 0 Å². The lowest BCUT2D eigenvalue weighted by Gasteiger charge is -2.28. The second-order valence-corrected chi connectivity index (χ2v) is 9.62. The molecular weight excluding hydrogens is 513 g/mol. The van der Waals surface area contributed by atoms with Gasteiger partial charge >= 0.3 is 6.36 Å². The predicted molar refractivity (Wildman–Crippen MR) is 129 cm³/mol. The minimum atomic E-state index is -4.90. The quantitative estimate of drug-likeness (QED) is 0.265. The van der Waals surface area contributed by atoms with E-state index in [2.05, 4.69) is 11.7 Å². The molecule has 9 heteroatoms. The molecule has 0 spiro atoms. The van der Waals surface area contributed by atoms with E-state index in [0.29, 0.717) is 11.5 Å². The number of alkyl halides is 3. The molecule has 0 amide bonds. The standard InChI is InChI=1S/C29H27F7O2/c1-2-3-17-4-6-19(7-5-17)21-14-25(32)28(26(33)15-21)37-16-18-12-23(30)27(24(31)13-18)20-8-10-22(11-9-20)38-29(34,35)36/h8-15,17,19H,2-7,16H2,1H3. The van der Waals surface area contributed by atoms with Crippen LogP contribution in [-0.4, -0.2) is 6.36 Å². The fourth-order valence-corrected chi connectivity index (χ4v) is 5.11. The Morgan fingerprint density at radius 1 is 0.789 bits per heavy atom. The number of benzene rings is 3. The van der Waals surface area contributed by atoms with E-state index in [4.69, 9.17) is 4.74 Å². The molecule has 0 aromatic heterocycles. The number of hydrogen-bond acceptors (Lipinski definition) is 2. The molecule has 204 valence electrons. The average molecular weight is 541 g/mol. The summed E-state index contributed by atoms with van der Waals surface area (Å²) in [4.78, 5) is 0. The molecule has 1 saturated carbocycles. The average Bonchev–Trinajstić information content (AvgIpc) is 2.84. The third-order valence-corrected chi connectivity index (χ3v) is 6.90. The Morgan fingerprint density at radius 2 is 1.37 bits per heavy atom. The first-order valence-corrected chi connectivity index (χ1v) is 12.5. The largest absolute Gasteiger partial charge is 0.573 e. The number of ether oxygens (including phenoxy) is 2. The molecule has 0 N–H and O–H groups in total. The molecule has 1 fully saturated rings. The molecule has 2 nitrogen and oxygen atoms in total. The molecule has 0 heterocycles. The van der Waals surface area contributed by atoms with Crippen LogP contribution in [0.2, 0.25) is 0 Å². The van der Waals surface area contributed by atoms with Crippen LogP contribution in [0.15, 0.2) is 48.5 Å². The zero-order valence-electron chi connectivity index (χ0n) is 20.7. The SMILES string of the molecule is CCCC1CCC(c2cc(F)c(OCc3cc(F)c(-c4ccc(OC(F)(F)F)cc4)c(F)c3)c(F)c2)CC1. The van der Waals surface area contributed by atoms with Crippen LogP contribution in [0, 0.1) is 29.2 Å². The van der Waals surface area contributed by atoms with Crippen LogP contribution < -0.4 is 9.47 Å². The van der Waals surface area contributed by atoms with Gasteiger partial charge < -0.3 is 9.47 Å². The first-order chi connectivity index (χ1) is 18.0. The maximum Gasteiger partial charge on any atom is 0.573 e. The van der Waals surface area contributed by atoms with Crippen LogP contribution in [0.25, 0.3) is 11.1 Å². The highest BCUT2D eigenvalue weighted by atomic mass is 19.4. The molecular formula is C29H27F7O2. The smallest absolute Gasteiger partial charge is 0.483 e. The summed E-state index contributed by atoms with van der Waals surface area (Å²) < 4.78 is 105. The Kier molecular flexibility index (Phi) is 8.53. The maximum atomic E-state index is 14.8. The summed E-state index contributed by atoms with van der Waals surface area (Å²) in [5.74, 6) is -4.21. The van der Waals surface area contributed by atoms with E-state index in [9.17, 15) is 30.7 Å². The van der Waals surface area contributed by atoms with Gasteiger partial charge in [-0.05, 0) is 90.6 Å². The summed E-state index contributed by atoms with van der Waals surface area (Å²) in [5.41, 5.74) is 0.0781. The van der Waals surface area contributed by atoms with E-state index in [1.807, 2.05) is 0 Å². The van der Waals surface area contributed by atoms with Gasteiger partial charge in [0.1, 0.15) is 24.0 Å². The van der Waals surface area contributed by atoms with Gasteiger partial charge in [0.15, 0.2) is 17.4 Å². The maximum absolute atomic E-state index is 14.8. The van der Waals surface area contributed by atoms with Crippen molar-refractivity contribution in [3.8, 4) is 22.6 Å². The van der Waals surface area contributed by atoms with E-state index < -0.39 is 53.3 Å². The summed E-state index contributed by atoms with van der Waals surface area (Å²) in [6, 6.07) is 8.45. The number of rotatable bonds is 8. The van der Waals surface area contributed by atoms with Gasteiger partial charge in [-0.25, -0.2) is 17.6 Å². The van der Waals surface area contributed by atoms with Gasteiger partial charge in [-0.3, -0.25) is 0 Å². The Balaban J connectivity index is 1.44. The highest BCUT2D eigenvalue weighted by Gasteiger charge is 2.31. The summed E-state index contributed by atoms with van der Waals surface area (Å²) in [7, 11) is 0. The topological polar surface area (TPSA) is 18.5 Å². The van der Waals surface area contributed by atoms with E-state index in [0.717, 1.165) is 74.9 Å². The zero-order chi connectivity index (χ0) is 27.4. The Morgan fingerprint density at radius 3 is 1.89 bits per heavy atom. The summed E-state index contributed by atoms with van der Waals surface area (Å²) >= 11 is 0. The fraction of sp³-hybridized carbons (Fsp3) is 0.379. The van der Waals surface area contributed by atoms with Crippen molar-refractivity contribution < 1.29 is 40.2 Å². The predicted octanol–water partition coefficient (Wildman–Crippen LogP) is 9.46. The monoisotopic (exact) mass is 540 g/mol. The van der Waals surface area contributed by atoms with Crippen molar-refractivity contribution in [2.45, 2.75) is 64.3 Å². The van der Waals surface area contributed by atoms with Crippen LogP contribution in [0.3, 0.4) is 0 Å². The molecule has 0 aliphatic heterocycles. The Hall–Kier alpha value is -3.23. The molecule has 4 rings (SSSR count). The normalized spacial score (nSPS) is 17.9. The van der Waals surface area contributed by atoms with Gasteiger partial charge in [-0.15, -0.1) is 13.2 Å². The van der Waals surface area contributed by atoms with E-state index in [1.165, 1.54) is 12.1 Å². The zero-order valence-corrected chi connectivity index (χ0v) is 20.7. The lowest BCUT2D eigenvalue weighted by atomic mass is 9.77. The van der Waals surface area contributed by atoms with Gasteiger partial charge in [0.05, 0.1) is 5.56 Å². The number of hydrogen-bond donors (Lipinski definition) is 0. The van der Waals surface area contributed by atoms with E-state index in [-0.39, 0.29) is 17.0 Å². The van der Waals surface area contributed by atoms with E-state index >= 15 is 0 Å². The van der Waals surface area contributed by atoms with Crippen molar-refractivity contribution in [1.29, 1.82) is 0 Å². The minimum Gasteiger partial charge on any atom is -0.483 e. The summed E-state index contributed by atoms with van der Waals surface area (Å²) in [5, 5.41) is 0.